The maximum atomic E-state index is 12.2. The monoisotopic (exact) mass is 392 g/mol. The van der Waals surface area contributed by atoms with Crippen molar-refractivity contribution in [3.05, 3.63) is 81.4 Å². The van der Waals surface area contributed by atoms with Crippen molar-refractivity contribution in [1.82, 2.24) is 15.5 Å². The first-order chi connectivity index (χ1) is 13.9. The first kappa shape index (κ1) is 19.9. The van der Waals surface area contributed by atoms with Gasteiger partial charge < -0.3 is 10.1 Å². The van der Waals surface area contributed by atoms with Crippen LogP contribution in [0.4, 0.5) is 5.69 Å². The van der Waals surface area contributed by atoms with Crippen molar-refractivity contribution in [2.75, 3.05) is 13.2 Å². The van der Waals surface area contributed by atoms with Crippen LogP contribution in [-0.4, -0.2) is 34.2 Å². The predicted octanol–water partition coefficient (Wildman–Crippen LogP) is 3.48. The smallest absolute Gasteiger partial charge is 0.273 e. The van der Waals surface area contributed by atoms with Gasteiger partial charge in [0, 0.05) is 28.8 Å². The molecule has 29 heavy (non-hydrogen) atoms. The number of carbonyl (C=O) groups excluding carboxylic acids is 1. The maximum Gasteiger partial charge on any atom is 0.273 e. The third kappa shape index (κ3) is 5.13. The van der Waals surface area contributed by atoms with Crippen LogP contribution in [0.5, 0.6) is 5.88 Å². The molecule has 1 amide bonds. The standard InChI is InChI=1S/C21H20N4O4/c1-14-3-6-16(7-4-14)18-9-10-20(24-23-18)29-12-11-22-21(26)17-8-5-15(2)19(13-17)25(27)28/h3-10,13H,11-12H2,1-2H3,(H,22,26). The summed E-state index contributed by atoms with van der Waals surface area (Å²) >= 11 is 0. The fourth-order valence-corrected chi connectivity index (χ4v) is 2.64. The van der Waals surface area contributed by atoms with Crippen molar-refractivity contribution >= 4 is 11.6 Å². The molecule has 0 spiro atoms. The molecular weight excluding hydrogens is 372 g/mol. The van der Waals surface area contributed by atoms with Crippen LogP contribution in [0.1, 0.15) is 21.5 Å². The summed E-state index contributed by atoms with van der Waals surface area (Å²) in [4.78, 5) is 22.6. The molecule has 8 heteroatoms. The topological polar surface area (TPSA) is 107 Å². The van der Waals surface area contributed by atoms with Gasteiger partial charge in [-0.3, -0.25) is 14.9 Å². The Bertz CT molecular complexity index is 1020. The molecule has 0 atom stereocenters. The van der Waals surface area contributed by atoms with Crippen molar-refractivity contribution in [3.8, 4) is 17.1 Å². The number of hydrogen-bond donors (Lipinski definition) is 1. The van der Waals surface area contributed by atoms with E-state index >= 15 is 0 Å². The van der Waals surface area contributed by atoms with E-state index in [1.807, 2.05) is 37.3 Å². The lowest BCUT2D eigenvalue weighted by Crippen LogP contribution is -2.28. The maximum absolute atomic E-state index is 12.2. The lowest BCUT2D eigenvalue weighted by Gasteiger charge is -2.08. The fourth-order valence-electron chi connectivity index (χ4n) is 2.64. The summed E-state index contributed by atoms with van der Waals surface area (Å²) in [5, 5.41) is 21.8. The van der Waals surface area contributed by atoms with Crippen LogP contribution < -0.4 is 10.1 Å². The molecule has 1 N–H and O–H groups in total. The number of carbonyl (C=O) groups is 1. The van der Waals surface area contributed by atoms with E-state index in [0.29, 0.717) is 11.4 Å². The Hall–Kier alpha value is -3.81. The second kappa shape index (κ2) is 8.92. The summed E-state index contributed by atoms with van der Waals surface area (Å²) in [6.45, 7) is 4.06. The zero-order valence-corrected chi connectivity index (χ0v) is 16.1. The molecule has 148 valence electrons. The quantitative estimate of drug-likeness (QED) is 0.375. The number of amides is 1. The van der Waals surface area contributed by atoms with Gasteiger partial charge in [0.25, 0.3) is 11.6 Å². The second-order valence-electron chi connectivity index (χ2n) is 6.49. The summed E-state index contributed by atoms with van der Waals surface area (Å²) < 4.78 is 5.49. The highest BCUT2D eigenvalue weighted by molar-refractivity contribution is 5.94. The molecule has 0 unspecified atom stereocenters. The third-order valence-electron chi connectivity index (χ3n) is 4.29. The largest absolute Gasteiger partial charge is 0.475 e. The number of aryl methyl sites for hydroxylation is 2. The Morgan fingerprint density at radius 3 is 2.48 bits per heavy atom. The Morgan fingerprint density at radius 1 is 1.07 bits per heavy atom. The summed E-state index contributed by atoms with van der Waals surface area (Å²) in [5.74, 6) is -0.0569. The van der Waals surface area contributed by atoms with Crippen molar-refractivity contribution in [2.45, 2.75) is 13.8 Å². The van der Waals surface area contributed by atoms with Crippen molar-refractivity contribution in [1.29, 1.82) is 0 Å². The fraction of sp³-hybridized carbons (Fsp3) is 0.190. The lowest BCUT2D eigenvalue weighted by molar-refractivity contribution is -0.385. The number of ether oxygens (including phenoxy) is 1. The van der Waals surface area contributed by atoms with Gasteiger partial charge in [-0.25, -0.2) is 0 Å². The molecular formula is C21H20N4O4. The minimum absolute atomic E-state index is 0.0853. The SMILES string of the molecule is Cc1ccc(-c2ccc(OCCNC(=O)c3ccc(C)c([N+](=O)[O-])c3)nn2)cc1. The molecule has 3 aromatic rings. The molecule has 0 aliphatic carbocycles. The van der Waals surface area contributed by atoms with E-state index in [2.05, 4.69) is 15.5 Å². The Balaban J connectivity index is 1.50. The molecule has 0 aliphatic rings. The number of hydrogen-bond acceptors (Lipinski definition) is 6. The number of benzene rings is 2. The highest BCUT2D eigenvalue weighted by Crippen LogP contribution is 2.19. The number of nitrogens with one attached hydrogen (secondary N) is 1. The van der Waals surface area contributed by atoms with Crippen LogP contribution in [0, 0.1) is 24.0 Å². The first-order valence-corrected chi connectivity index (χ1v) is 9.01. The minimum Gasteiger partial charge on any atom is -0.475 e. The van der Waals surface area contributed by atoms with Gasteiger partial charge in [-0.1, -0.05) is 35.9 Å². The second-order valence-corrected chi connectivity index (χ2v) is 6.49. The third-order valence-corrected chi connectivity index (χ3v) is 4.29. The molecule has 0 saturated heterocycles. The van der Waals surface area contributed by atoms with E-state index in [1.54, 1.807) is 25.1 Å². The van der Waals surface area contributed by atoms with Crippen molar-refractivity contribution in [3.63, 3.8) is 0 Å². The van der Waals surface area contributed by atoms with Gasteiger partial charge in [-0.15, -0.1) is 10.2 Å². The molecule has 1 aromatic heterocycles. The van der Waals surface area contributed by atoms with E-state index in [-0.39, 0.29) is 24.4 Å². The lowest BCUT2D eigenvalue weighted by atomic mass is 10.1. The highest BCUT2D eigenvalue weighted by atomic mass is 16.6. The van der Waals surface area contributed by atoms with Gasteiger partial charge in [0.1, 0.15) is 6.61 Å². The van der Waals surface area contributed by atoms with Crippen LogP contribution in [-0.2, 0) is 0 Å². The van der Waals surface area contributed by atoms with Crippen LogP contribution >= 0.6 is 0 Å². The average molecular weight is 392 g/mol. The molecule has 0 fully saturated rings. The summed E-state index contributed by atoms with van der Waals surface area (Å²) in [7, 11) is 0. The van der Waals surface area contributed by atoms with Crippen molar-refractivity contribution < 1.29 is 14.5 Å². The predicted molar refractivity (Wildman–Crippen MR) is 108 cm³/mol. The molecule has 0 bridgehead atoms. The average Bonchev–Trinajstić information content (AvgIpc) is 2.72. The minimum atomic E-state index is -0.506. The highest BCUT2D eigenvalue weighted by Gasteiger charge is 2.14. The molecule has 1 heterocycles. The summed E-state index contributed by atoms with van der Waals surface area (Å²) in [6.07, 6.45) is 0. The van der Waals surface area contributed by atoms with Crippen LogP contribution in [0.25, 0.3) is 11.3 Å². The molecule has 3 rings (SSSR count). The number of aromatic nitrogens is 2. The molecule has 0 aliphatic heterocycles. The Morgan fingerprint density at radius 2 is 1.83 bits per heavy atom. The normalized spacial score (nSPS) is 10.4. The summed E-state index contributed by atoms with van der Waals surface area (Å²) in [6, 6.07) is 15.9. The molecule has 8 nitrogen and oxygen atoms in total. The van der Waals surface area contributed by atoms with Crippen LogP contribution in [0.3, 0.4) is 0 Å². The van der Waals surface area contributed by atoms with Gasteiger partial charge in [0.2, 0.25) is 5.88 Å². The van der Waals surface area contributed by atoms with Gasteiger partial charge in [-0.2, -0.15) is 0 Å². The zero-order valence-electron chi connectivity index (χ0n) is 16.1. The molecule has 0 radical (unpaired) electrons. The molecule has 2 aromatic carbocycles. The Labute approximate surface area is 167 Å². The van der Waals surface area contributed by atoms with Gasteiger partial charge >= 0.3 is 0 Å². The number of nitro benzene ring substituents is 1. The van der Waals surface area contributed by atoms with E-state index in [0.717, 1.165) is 11.3 Å². The number of nitro groups is 1. The van der Waals surface area contributed by atoms with E-state index in [9.17, 15) is 14.9 Å². The van der Waals surface area contributed by atoms with Crippen molar-refractivity contribution in [2.24, 2.45) is 0 Å². The first-order valence-electron chi connectivity index (χ1n) is 9.01. The number of nitrogens with zero attached hydrogens (tertiary/aromatic N) is 3. The van der Waals surface area contributed by atoms with Crippen LogP contribution in [0.15, 0.2) is 54.6 Å². The van der Waals surface area contributed by atoms with E-state index in [1.165, 1.54) is 11.6 Å². The van der Waals surface area contributed by atoms with Gasteiger partial charge in [0.15, 0.2) is 0 Å². The van der Waals surface area contributed by atoms with E-state index < -0.39 is 10.8 Å². The van der Waals surface area contributed by atoms with E-state index in [4.69, 9.17) is 4.74 Å². The van der Waals surface area contributed by atoms with Crippen LogP contribution in [0.2, 0.25) is 0 Å². The summed E-state index contributed by atoms with van der Waals surface area (Å²) in [5.41, 5.74) is 3.52. The van der Waals surface area contributed by atoms with Gasteiger partial charge in [-0.05, 0) is 26.0 Å². The zero-order chi connectivity index (χ0) is 20.8. The Kier molecular flexibility index (Phi) is 6.13. The van der Waals surface area contributed by atoms with Gasteiger partial charge in [0.05, 0.1) is 17.2 Å². The number of rotatable bonds is 7. The molecule has 0 saturated carbocycles.